The highest BCUT2D eigenvalue weighted by Crippen LogP contribution is 2.32. The lowest BCUT2D eigenvalue weighted by Gasteiger charge is -2.12. The summed E-state index contributed by atoms with van der Waals surface area (Å²) >= 11 is 6.54. The summed E-state index contributed by atoms with van der Waals surface area (Å²) in [5.41, 5.74) is 2.12. The van der Waals surface area contributed by atoms with E-state index >= 15 is 0 Å². The number of benzene rings is 1. The maximum absolute atomic E-state index is 12.2. The van der Waals surface area contributed by atoms with Crippen LogP contribution in [0.1, 0.15) is 5.56 Å². The predicted octanol–water partition coefficient (Wildman–Crippen LogP) is 3.14. The van der Waals surface area contributed by atoms with E-state index in [2.05, 4.69) is 6.58 Å². The third-order valence-electron chi connectivity index (χ3n) is 2.89. The zero-order valence-corrected chi connectivity index (χ0v) is 13.1. The van der Waals surface area contributed by atoms with Crippen LogP contribution in [-0.4, -0.2) is 35.8 Å². The average Bonchev–Trinajstić information content (AvgIpc) is 2.67. The molecule has 0 radical (unpaired) electrons. The van der Waals surface area contributed by atoms with Crippen LogP contribution >= 0.6 is 24.0 Å². The highest BCUT2D eigenvalue weighted by molar-refractivity contribution is 8.26. The molecule has 2 rings (SSSR count). The lowest BCUT2D eigenvalue weighted by Crippen LogP contribution is -2.27. The minimum Gasteiger partial charge on any atom is -0.378 e. The van der Waals surface area contributed by atoms with Crippen LogP contribution in [0.25, 0.3) is 6.08 Å². The van der Waals surface area contributed by atoms with Gasteiger partial charge in [-0.05, 0) is 23.8 Å². The molecule has 1 aliphatic rings. The van der Waals surface area contributed by atoms with Gasteiger partial charge < -0.3 is 4.90 Å². The van der Waals surface area contributed by atoms with Gasteiger partial charge in [0.1, 0.15) is 4.32 Å². The molecule has 0 aromatic heterocycles. The molecule has 5 heteroatoms. The lowest BCUT2D eigenvalue weighted by molar-refractivity contribution is -0.121. The zero-order chi connectivity index (χ0) is 14.7. The van der Waals surface area contributed by atoms with Crippen LogP contribution in [0.5, 0.6) is 0 Å². The predicted molar refractivity (Wildman–Crippen MR) is 90.8 cm³/mol. The number of amides is 1. The van der Waals surface area contributed by atoms with Gasteiger partial charge in [-0.3, -0.25) is 9.69 Å². The van der Waals surface area contributed by atoms with Gasteiger partial charge in [0.2, 0.25) is 0 Å². The number of thioether (sulfide) groups is 1. The summed E-state index contributed by atoms with van der Waals surface area (Å²) in [5, 5.41) is 0. The van der Waals surface area contributed by atoms with Gasteiger partial charge in [0.05, 0.1) is 4.91 Å². The molecule has 1 amide bonds. The SMILES string of the molecule is C=CCN1C(=O)/C(=C\c2ccc(N(C)C)cc2)SC1=S. The molecule has 0 spiro atoms. The molecule has 1 aliphatic heterocycles. The number of hydrogen-bond acceptors (Lipinski definition) is 4. The van der Waals surface area contributed by atoms with Crippen molar-refractivity contribution >= 4 is 46.0 Å². The normalized spacial score (nSPS) is 16.9. The summed E-state index contributed by atoms with van der Waals surface area (Å²) in [6.07, 6.45) is 3.56. The summed E-state index contributed by atoms with van der Waals surface area (Å²) in [7, 11) is 3.99. The number of nitrogens with zero attached hydrogens (tertiary/aromatic N) is 2. The molecule has 20 heavy (non-hydrogen) atoms. The monoisotopic (exact) mass is 304 g/mol. The molecule has 1 aromatic carbocycles. The van der Waals surface area contributed by atoms with Gasteiger partial charge in [-0.25, -0.2) is 0 Å². The summed E-state index contributed by atoms with van der Waals surface area (Å²) < 4.78 is 0.589. The van der Waals surface area contributed by atoms with Crippen LogP contribution in [-0.2, 0) is 4.79 Å². The number of hydrogen-bond donors (Lipinski definition) is 0. The van der Waals surface area contributed by atoms with Crippen LogP contribution < -0.4 is 4.90 Å². The molecule has 1 aromatic rings. The first-order valence-electron chi connectivity index (χ1n) is 6.16. The Balaban J connectivity index is 2.21. The van der Waals surface area contributed by atoms with Crippen LogP contribution in [0.2, 0.25) is 0 Å². The maximum atomic E-state index is 12.2. The van der Waals surface area contributed by atoms with Crippen molar-refractivity contribution in [2.24, 2.45) is 0 Å². The zero-order valence-electron chi connectivity index (χ0n) is 11.5. The molecule has 1 heterocycles. The Morgan fingerprint density at radius 1 is 1.35 bits per heavy atom. The summed E-state index contributed by atoms with van der Waals surface area (Å²) in [5.74, 6) is -0.0448. The molecular weight excluding hydrogens is 288 g/mol. The van der Waals surface area contributed by atoms with Crippen molar-refractivity contribution in [3.63, 3.8) is 0 Å². The first-order valence-corrected chi connectivity index (χ1v) is 7.39. The Morgan fingerprint density at radius 3 is 2.55 bits per heavy atom. The molecule has 1 saturated heterocycles. The average molecular weight is 304 g/mol. The smallest absolute Gasteiger partial charge is 0.266 e. The van der Waals surface area contributed by atoms with E-state index in [1.165, 1.54) is 11.8 Å². The number of thiocarbonyl (C=S) groups is 1. The standard InChI is InChI=1S/C15H16N2OS2/c1-4-9-17-14(18)13(20-15(17)19)10-11-5-7-12(8-6-11)16(2)3/h4-8,10H,1,9H2,2-3H3/b13-10+. The molecule has 0 N–H and O–H groups in total. The van der Waals surface area contributed by atoms with Gasteiger partial charge in [-0.1, -0.05) is 42.2 Å². The largest absolute Gasteiger partial charge is 0.378 e. The van der Waals surface area contributed by atoms with E-state index < -0.39 is 0 Å². The number of carbonyl (C=O) groups is 1. The Bertz CT molecular complexity index is 576. The molecule has 0 saturated carbocycles. The van der Waals surface area contributed by atoms with E-state index in [0.29, 0.717) is 15.8 Å². The Kier molecular flexibility index (Phi) is 4.62. The van der Waals surface area contributed by atoms with Gasteiger partial charge >= 0.3 is 0 Å². The fraction of sp³-hybridized carbons (Fsp3) is 0.200. The highest BCUT2D eigenvalue weighted by Gasteiger charge is 2.30. The first kappa shape index (κ1) is 14.8. The van der Waals surface area contributed by atoms with Gasteiger partial charge in [0.25, 0.3) is 5.91 Å². The molecule has 1 fully saturated rings. The first-order chi connectivity index (χ1) is 9.52. The molecular formula is C15H16N2OS2. The molecule has 0 aliphatic carbocycles. The Hall–Kier alpha value is -1.59. The van der Waals surface area contributed by atoms with Gasteiger partial charge in [-0.15, -0.1) is 6.58 Å². The van der Waals surface area contributed by atoms with Crippen molar-refractivity contribution in [2.45, 2.75) is 0 Å². The van der Waals surface area contributed by atoms with E-state index in [9.17, 15) is 4.79 Å². The second kappa shape index (κ2) is 6.24. The third-order valence-corrected chi connectivity index (χ3v) is 4.27. The van der Waals surface area contributed by atoms with Crippen molar-refractivity contribution < 1.29 is 4.79 Å². The molecule has 0 bridgehead atoms. The summed E-state index contributed by atoms with van der Waals surface area (Å²) in [6, 6.07) is 8.04. The maximum Gasteiger partial charge on any atom is 0.266 e. The van der Waals surface area contributed by atoms with Crippen LogP contribution in [0.15, 0.2) is 41.8 Å². The lowest BCUT2D eigenvalue weighted by atomic mass is 10.2. The molecule has 3 nitrogen and oxygen atoms in total. The highest BCUT2D eigenvalue weighted by atomic mass is 32.2. The third kappa shape index (κ3) is 3.11. The second-order valence-electron chi connectivity index (χ2n) is 4.57. The van der Waals surface area contributed by atoms with Crippen molar-refractivity contribution in [1.29, 1.82) is 0 Å². The van der Waals surface area contributed by atoms with Crippen LogP contribution in [0, 0.1) is 0 Å². The van der Waals surface area contributed by atoms with Gasteiger partial charge in [-0.2, -0.15) is 0 Å². The minimum absolute atomic E-state index is 0.0448. The second-order valence-corrected chi connectivity index (χ2v) is 6.24. The van der Waals surface area contributed by atoms with Crippen molar-refractivity contribution in [2.75, 3.05) is 25.5 Å². The van der Waals surface area contributed by atoms with Gasteiger partial charge in [0, 0.05) is 26.3 Å². The van der Waals surface area contributed by atoms with Crippen LogP contribution in [0.3, 0.4) is 0 Å². The number of rotatable bonds is 4. The van der Waals surface area contributed by atoms with E-state index in [1.807, 2.05) is 49.3 Å². The van der Waals surface area contributed by atoms with Crippen molar-refractivity contribution in [3.05, 3.63) is 47.4 Å². The van der Waals surface area contributed by atoms with E-state index in [1.54, 1.807) is 11.0 Å². The van der Waals surface area contributed by atoms with E-state index in [4.69, 9.17) is 12.2 Å². The van der Waals surface area contributed by atoms with Gasteiger partial charge in [0.15, 0.2) is 0 Å². The molecule has 0 unspecified atom stereocenters. The number of anilines is 1. The molecule has 104 valence electrons. The van der Waals surface area contributed by atoms with Crippen molar-refractivity contribution in [3.8, 4) is 0 Å². The van der Waals surface area contributed by atoms with Crippen molar-refractivity contribution in [1.82, 2.24) is 4.90 Å². The number of carbonyl (C=O) groups excluding carboxylic acids is 1. The Labute approximate surface area is 128 Å². The Morgan fingerprint density at radius 2 is 2.00 bits per heavy atom. The summed E-state index contributed by atoms with van der Waals surface area (Å²) in [6.45, 7) is 4.10. The van der Waals surface area contributed by atoms with Crippen LogP contribution in [0.4, 0.5) is 5.69 Å². The fourth-order valence-electron chi connectivity index (χ4n) is 1.81. The van der Waals surface area contributed by atoms with E-state index in [0.717, 1.165) is 11.3 Å². The summed E-state index contributed by atoms with van der Waals surface area (Å²) in [4.78, 5) is 16.4. The quantitative estimate of drug-likeness (QED) is 0.484. The topological polar surface area (TPSA) is 23.6 Å². The van der Waals surface area contributed by atoms with E-state index in [-0.39, 0.29) is 5.91 Å². The molecule has 0 atom stereocenters. The fourth-order valence-corrected chi connectivity index (χ4v) is 3.08. The minimum atomic E-state index is -0.0448.